The summed E-state index contributed by atoms with van der Waals surface area (Å²) in [6.45, 7) is 33.0. The summed E-state index contributed by atoms with van der Waals surface area (Å²) >= 11 is 0. The van der Waals surface area contributed by atoms with Gasteiger partial charge in [-0.3, -0.25) is 28.8 Å². The number of carbonyl (C=O) groups is 6. The number of rotatable bonds is 20. The lowest BCUT2D eigenvalue weighted by molar-refractivity contribution is -0.239. The van der Waals surface area contributed by atoms with Crippen LogP contribution in [0.3, 0.4) is 0 Å². The van der Waals surface area contributed by atoms with Gasteiger partial charge in [0.2, 0.25) is 6.10 Å². The maximum Gasteiger partial charge on any atom is 0.426 e. The largest absolute Gasteiger partial charge is 0.748 e. The lowest BCUT2D eigenvalue weighted by Crippen LogP contribution is -2.61. The highest BCUT2D eigenvalue weighted by Gasteiger charge is 2.66. The zero-order valence-corrected chi connectivity index (χ0v) is 65.0. The van der Waals surface area contributed by atoms with Crippen molar-refractivity contribution < 1.29 is 93.2 Å². The predicted octanol–water partition coefficient (Wildman–Crippen LogP) is 17.1. The van der Waals surface area contributed by atoms with E-state index in [1.165, 1.54) is 27.5 Å². The van der Waals surface area contributed by atoms with Crippen LogP contribution < -0.4 is 4.74 Å². The van der Waals surface area contributed by atoms with Crippen LogP contribution in [0.25, 0.3) is 0 Å². The van der Waals surface area contributed by atoms with E-state index in [0.29, 0.717) is 56.6 Å². The Morgan fingerprint density at radius 1 is 0.631 bits per heavy atom. The molecule has 17 nitrogen and oxygen atoms in total. The molecular weight excluding hydrogens is 1370 g/mol. The van der Waals surface area contributed by atoms with Crippen LogP contribution in [0.2, 0.25) is 0 Å². The minimum Gasteiger partial charge on any atom is -0.748 e. The van der Waals surface area contributed by atoms with Gasteiger partial charge in [0.15, 0.2) is 26.9 Å². The summed E-state index contributed by atoms with van der Waals surface area (Å²) in [5.74, 6) is -3.18. The fourth-order valence-corrected chi connectivity index (χ4v) is 17.1. The van der Waals surface area contributed by atoms with Crippen LogP contribution in [0.4, 0.5) is 13.2 Å². The summed E-state index contributed by atoms with van der Waals surface area (Å²) in [4.78, 5) is 77.5. The molecule has 4 aromatic rings. The van der Waals surface area contributed by atoms with Crippen molar-refractivity contribution in [1.29, 1.82) is 0 Å². The highest BCUT2D eigenvalue weighted by molar-refractivity contribution is 7.97. The Bertz CT molecular complexity index is 3560. The van der Waals surface area contributed by atoms with Gasteiger partial charge in [-0.1, -0.05) is 117 Å². The van der Waals surface area contributed by atoms with Crippen LogP contribution in [0.1, 0.15) is 220 Å². The molecule has 3 heterocycles. The zero-order chi connectivity index (χ0) is 76.7. The van der Waals surface area contributed by atoms with Crippen molar-refractivity contribution in [3.63, 3.8) is 0 Å². The second-order valence-corrected chi connectivity index (χ2v) is 36.5. The topological polar surface area (TPSA) is 244 Å². The number of benzene rings is 4. The van der Waals surface area contributed by atoms with Crippen molar-refractivity contribution in [3.05, 3.63) is 115 Å². The number of phenolic OH excluding ortho intramolecular Hbond substituents is 1. The Morgan fingerprint density at radius 3 is 1.52 bits per heavy atom. The molecule has 0 radical (unpaired) electrons. The molecule has 6 bridgehead atoms. The summed E-state index contributed by atoms with van der Waals surface area (Å²) in [5.41, 5.74) is -3.92. The monoisotopic (exact) mass is 1480 g/mol. The number of esters is 6. The first-order valence-electron chi connectivity index (χ1n) is 36.5. The molecule has 4 aromatic carbocycles. The Kier molecular flexibility index (Phi) is 26.9. The molecule has 3 saturated heterocycles. The second-order valence-electron chi connectivity index (χ2n) is 33.1. The van der Waals surface area contributed by atoms with Crippen molar-refractivity contribution in [1.82, 2.24) is 0 Å². The third-order valence-electron chi connectivity index (χ3n) is 22.2. The highest BCUT2D eigenvalue weighted by Crippen LogP contribution is 2.64. The number of halogens is 3. The van der Waals surface area contributed by atoms with Crippen LogP contribution >= 0.6 is 0 Å². The molecule has 8 unspecified atom stereocenters. The molecule has 3 aliphatic heterocycles. The van der Waals surface area contributed by atoms with Crippen LogP contribution in [0.15, 0.2) is 124 Å². The van der Waals surface area contributed by atoms with Crippen molar-refractivity contribution in [2.24, 2.45) is 50.7 Å². The molecular formula is C81H111F3O17S2. The molecule has 570 valence electrons. The SMILES string of the molecule is CCC(C)(C)C(=O)OC1(C(C)C)CCCC1.CCC(C)(C)C(=O)OC12CC3CC(C1)CC(C(=O)OC(CS(=O)(=O)[O-])C(F)(F)F)(C3)C2.CCC(C)(C)C(=O)OC1C2CC3C(=O)OC1C3O2.CCC(C)(C)C(=O)Oc1ccc(O)c(C(C)(C)C)c1.c1ccc([S+](c2ccccc2)c2ccccc2)cc1. The molecule has 0 amide bonds. The third-order valence-corrected chi connectivity index (χ3v) is 25.2. The molecule has 12 rings (SSSR count). The molecule has 22 heteroatoms. The predicted molar refractivity (Wildman–Crippen MR) is 385 cm³/mol. The van der Waals surface area contributed by atoms with Gasteiger partial charge in [0.1, 0.15) is 28.8 Å². The average molecular weight is 1480 g/mol. The van der Waals surface area contributed by atoms with E-state index < -0.39 is 79.6 Å². The summed E-state index contributed by atoms with van der Waals surface area (Å²) in [5, 5.41) is 9.87. The van der Waals surface area contributed by atoms with Crippen molar-refractivity contribution in [2.75, 3.05) is 5.75 Å². The fraction of sp³-hybridized carbons (Fsp3) is 0.630. The Hall–Kier alpha value is -6.49. The number of phenols is 1. The first-order chi connectivity index (χ1) is 47.8. The summed E-state index contributed by atoms with van der Waals surface area (Å²) < 4.78 is 111. The molecule has 0 aromatic heterocycles. The average Bonchev–Trinajstić information content (AvgIpc) is 1.41. The van der Waals surface area contributed by atoms with Crippen LogP contribution in [0.5, 0.6) is 11.5 Å². The van der Waals surface area contributed by atoms with Gasteiger partial charge in [-0.15, -0.1) is 0 Å². The zero-order valence-electron chi connectivity index (χ0n) is 63.3. The first kappa shape index (κ1) is 83.8. The molecule has 0 spiro atoms. The van der Waals surface area contributed by atoms with Crippen LogP contribution in [-0.4, -0.2) is 108 Å². The van der Waals surface area contributed by atoms with E-state index in [1.54, 1.807) is 32.0 Å². The lowest BCUT2D eigenvalue weighted by atomic mass is 9.48. The van der Waals surface area contributed by atoms with Gasteiger partial charge in [0.05, 0.1) is 65.9 Å². The van der Waals surface area contributed by atoms with Gasteiger partial charge in [0.25, 0.3) is 0 Å². The fourth-order valence-electron chi connectivity index (χ4n) is 14.3. The Balaban J connectivity index is 0.000000184. The summed E-state index contributed by atoms with van der Waals surface area (Å²) in [6.07, 6.45) is 1.01. The van der Waals surface area contributed by atoms with E-state index in [9.17, 15) is 60.0 Å². The number of hydrogen-bond acceptors (Lipinski definition) is 17. The maximum absolute atomic E-state index is 13.3. The molecule has 8 atom stereocenters. The Labute approximate surface area is 611 Å². The maximum atomic E-state index is 13.3. The number of carbonyl (C=O) groups excluding carboxylic acids is 6. The minimum atomic E-state index is -5.27. The van der Waals surface area contributed by atoms with Gasteiger partial charge >= 0.3 is 42.0 Å². The van der Waals surface area contributed by atoms with E-state index in [1.807, 2.05) is 90.0 Å². The quantitative estimate of drug-likeness (QED) is 0.0284. The van der Waals surface area contributed by atoms with Crippen molar-refractivity contribution >= 4 is 56.8 Å². The van der Waals surface area contributed by atoms with Crippen molar-refractivity contribution in [3.8, 4) is 11.5 Å². The van der Waals surface area contributed by atoms with Crippen LogP contribution in [0, 0.1) is 50.7 Å². The molecule has 5 aliphatic carbocycles. The number of alkyl halides is 3. The smallest absolute Gasteiger partial charge is 0.426 e. The number of fused-ring (bicyclic) bond motifs is 1. The summed E-state index contributed by atoms with van der Waals surface area (Å²) in [7, 11) is -5.29. The minimum absolute atomic E-state index is 0.00100. The van der Waals surface area contributed by atoms with E-state index in [0.717, 1.165) is 37.7 Å². The first-order valence-corrected chi connectivity index (χ1v) is 39.3. The Morgan fingerprint density at radius 2 is 1.09 bits per heavy atom. The van der Waals surface area contributed by atoms with E-state index in [-0.39, 0.29) is 93.3 Å². The van der Waals surface area contributed by atoms with Gasteiger partial charge in [0, 0.05) is 12.0 Å². The lowest BCUT2D eigenvalue weighted by Gasteiger charge is -2.60. The van der Waals surface area contributed by atoms with Gasteiger partial charge in [-0.2, -0.15) is 13.2 Å². The molecule has 8 aliphatic rings. The number of hydrogen-bond donors (Lipinski definition) is 1. The van der Waals surface area contributed by atoms with Crippen molar-refractivity contribution in [2.45, 2.75) is 282 Å². The van der Waals surface area contributed by atoms with E-state index in [2.05, 4.69) is 110 Å². The van der Waals surface area contributed by atoms with E-state index in [4.69, 9.17) is 28.4 Å². The molecule has 8 fully saturated rings. The summed E-state index contributed by atoms with van der Waals surface area (Å²) in [6, 6.07) is 37.1. The standard InChI is InChI=1S/C20H29F3O7S.C18H15S.C16H24O3.C14H26O2.C13H18O5/c1-4-17(2,3)15(24)30-19-8-12-5-13(9-19)7-18(6-12,11-19)16(25)29-14(20(21,22)23)10-31(26,27)28;1-4-10-16(11-5-1)19(17-12-6-2-7-13-17)18-14-8-3-9-15-18;1-7-16(5,6)14(18)19-11-8-9-13(17)12(10-11)15(2,3)4;1-6-13(4,5)12(15)16-14(11(2)3)9-7-8-10-14;1-4-13(2,3)12(15)18-9-7-5-6-8(16-7)10(9)17-11(6)14/h12-14H,4-11H2,1-3H3,(H,26,27,28);1-15H;8-10,17H,7H2,1-6H3;11H,6-10H2,1-5H3;6-10H,4-5H2,1-3H3/q;+1;;;/p-1. The third kappa shape index (κ3) is 20.8. The molecule has 1 N–H and O–H groups in total. The normalized spacial score (nSPS) is 24.7. The second kappa shape index (κ2) is 33.1. The van der Waals surface area contributed by atoms with Gasteiger partial charge in [-0.05, 0) is 223 Å². The number of aromatic hydroxyl groups is 1. The molecule has 5 saturated carbocycles. The van der Waals surface area contributed by atoms with Crippen LogP contribution in [-0.2, 0) is 83.6 Å². The van der Waals surface area contributed by atoms with E-state index >= 15 is 0 Å². The molecule has 103 heavy (non-hydrogen) atoms. The highest BCUT2D eigenvalue weighted by atomic mass is 32.2. The number of ether oxygens (including phenoxy) is 7. The van der Waals surface area contributed by atoms with Gasteiger partial charge in [-0.25, -0.2) is 8.42 Å². The van der Waals surface area contributed by atoms with Gasteiger partial charge < -0.3 is 42.8 Å².